The zero-order valence-corrected chi connectivity index (χ0v) is 23.8. The SMILES string of the molecule is C\C=C/C(C(=O)CC)=C(O)\C(=C\F)[C@H](C)[C@H](C)CC(=O)N(CP(=O)(OCC)OCC)C1C=CC(C#N)=CN1. The number of aliphatic hydroxyl groups is 1. The summed E-state index contributed by atoms with van der Waals surface area (Å²) in [5.74, 6) is -2.38. The van der Waals surface area contributed by atoms with Crippen LogP contribution in [0.5, 0.6) is 0 Å². The molecule has 0 bridgehead atoms. The number of dihydropyridines is 1. The molecule has 0 saturated heterocycles. The first-order valence-electron chi connectivity index (χ1n) is 12.6. The summed E-state index contributed by atoms with van der Waals surface area (Å²) in [4.78, 5) is 27.2. The molecule has 1 amide bonds. The van der Waals surface area contributed by atoms with Gasteiger partial charge in [0.2, 0.25) is 5.91 Å². The van der Waals surface area contributed by atoms with Gasteiger partial charge in [-0.3, -0.25) is 14.2 Å². The van der Waals surface area contributed by atoms with Crippen molar-refractivity contribution < 1.29 is 32.7 Å². The van der Waals surface area contributed by atoms with Gasteiger partial charge in [0.05, 0.1) is 30.7 Å². The van der Waals surface area contributed by atoms with Crippen molar-refractivity contribution in [3.63, 3.8) is 0 Å². The maximum absolute atomic E-state index is 14.0. The minimum atomic E-state index is -3.68. The summed E-state index contributed by atoms with van der Waals surface area (Å²) in [6.45, 7) is 10.2. The highest BCUT2D eigenvalue weighted by Crippen LogP contribution is 2.49. The fourth-order valence-electron chi connectivity index (χ4n) is 3.82. The Kier molecular flexibility index (Phi) is 14.0. The molecule has 3 atom stereocenters. The molecule has 11 heteroatoms. The number of nitrogens with zero attached hydrogens (tertiary/aromatic N) is 2. The van der Waals surface area contributed by atoms with Crippen LogP contribution >= 0.6 is 7.60 Å². The Morgan fingerprint density at radius 1 is 1.29 bits per heavy atom. The third-order valence-electron chi connectivity index (χ3n) is 6.07. The van der Waals surface area contributed by atoms with Gasteiger partial charge in [0.15, 0.2) is 5.78 Å². The van der Waals surface area contributed by atoms with E-state index >= 15 is 0 Å². The van der Waals surface area contributed by atoms with Crippen molar-refractivity contribution in [1.29, 1.82) is 5.26 Å². The quantitative estimate of drug-likeness (QED) is 0.113. The van der Waals surface area contributed by atoms with Crippen molar-refractivity contribution in [1.82, 2.24) is 10.2 Å². The molecule has 0 aromatic carbocycles. The van der Waals surface area contributed by atoms with E-state index in [1.807, 2.05) is 6.07 Å². The number of Topliss-reactive ketones (excluding diaryl/α,β-unsaturated/α-hetero) is 1. The van der Waals surface area contributed by atoms with Crippen molar-refractivity contribution in [2.45, 2.75) is 60.5 Å². The van der Waals surface area contributed by atoms with E-state index in [1.54, 1.807) is 59.8 Å². The van der Waals surface area contributed by atoms with E-state index in [-0.39, 0.29) is 55.6 Å². The topological polar surface area (TPSA) is 129 Å². The van der Waals surface area contributed by atoms with E-state index in [4.69, 9.17) is 14.3 Å². The molecule has 210 valence electrons. The predicted molar refractivity (Wildman–Crippen MR) is 144 cm³/mol. The van der Waals surface area contributed by atoms with Crippen LogP contribution in [0, 0.1) is 23.2 Å². The molecule has 1 unspecified atom stereocenters. The van der Waals surface area contributed by atoms with Gasteiger partial charge in [-0.1, -0.05) is 32.9 Å². The minimum Gasteiger partial charge on any atom is -0.507 e. The highest BCUT2D eigenvalue weighted by Gasteiger charge is 2.35. The molecule has 38 heavy (non-hydrogen) atoms. The summed E-state index contributed by atoms with van der Waals surface area (Å²) in [5.41, 5.74) is 0.252. The van der Waals surface area contributed by atoms with Crippen LogP contribution in [-0.4, -0.2) is 47.4 Å². The molecule has 0 aromatic rings. The van der Waals surface area contributed by atoms with Crippen LogP contribution in [0.3, 0.4) is 0 Å². The molecule has 1 aliphatic heterocycles. The lowest BCUT2D eigenvalue weighted by Crippen LogP contribution is -2.48. The molecule has 0 aliphatic carbocycles. The van der Waals surface area contributed by atoms with Gasteiger partial charge in [-0.05, 0) is 44.8 Å². The standard InChI is InChI=1S/C27H39FN3O6P/c1-7-11-22(24(32)8-2)27(34)23(15-28)20(6)19(5)14-26(33)31(18-38(35,36-9-3)37-10-4)25-13-12-21(16-29)17-30-25/h7,11-13,15,17,19-20,25,30,34H,8-10,14,18H2,1-6H3/b11-7-,23-15+,27-22-/t19-,20-,25?/m1/s1. The van der Waals surface area contributed by atoms with E-state index in [0.29, 0.717) is 5.57 Å². The van der Waals surface area contributed by atoms with Crippen LogP contribution in [0.4, 0.5) is 4.39 Å². The maximum atomic E-state index is 14.0. The summed E-state index contributed by atoms with van der Waals surface area (Å²) in [6, 6.07) is 1.99. The minimum absolute atomic E-state index is 0.00287. The first-order valence-corrected chi connectivity index (χ1v) is 14.4. The largest absolute Gasteiger partial charge is 0.507 e. The van der Waals surface area contributed by atoms with Gasteiger partial charge in [-0.25, -0.2) is 4.39 Å². The highest BCUT2D eigenvalue weighted by molar-refractivity contribution is 7.53. The number of nitriles is 1. The number of nitrogens with one attached hydrogen (secondary N) is 1. The number of aliphatic hydroxyl groups excluding tert-OH is 1. The van der Waals surface area contributed by atoms with Crippen LogP contribution in [0.25, 0.3) is 0 Å². The Balaban J connectivity index is 3.29. The lowest BCUT2D eigenvalue weighted by molar-refractivity contribution is -0.133. The van der Waals surface area contributed by atoms with Crippen molar-refractivity contribution in [2.75, 3.05) is 19.5 Å². The highest BCUT2D eigenvalue weighted by atomic mass is 31.2. The zero-order valence-electron chi connectivity index (χ0n) is 22.9. The average molecular weight is 552 g/mol. The van der Waals surface area contributed by atoms with E-state index in [1.165, 1.54) is 17.2 Å². The summed E-state index contributed by atoms with van der Waals surface area (Å²) in [5, 5.41) is 22.8. The number of carbonyl (C=O) groups excluding carboxylic acids is 2. The molecule has 1 aliphatic rings. The number of allylic oxidation sites excluding steroid dienone is 6. The predicted octanol–water partition coefficient (Wildman–Crippen LogP) is 5.81. The van der Waals surface area contributed by atoms with Crippen molar-refractivity contribution in [3.8, 4) is 6.07 Å². The molecule has 1 rings (SSSR count). The van der Waals surface area contributed by atoms with E-state index in [0.717, 1.165) is 0 Å². The van der Waals surface area contributed by atoms with Crippen LogP contribution in [0.1, 0.15) is 54.4 Å². The van der Waals surface area contributed by atoms with Gasteiger partial charge in [0.25, 0.3) is 0 Å². The van der Waals surface area contributed by atoms with Crippen molar-refractivity contribution in [2.24, 2.45) is 11.8 Å². The van der Waals surface area contributed by atoms with Crippen LogP contribution in [0.15, 0.2) is 59.3 Å². The van der Waals surface area contributed by atoms with Gasteiger partial charge in [-0.15, -0.1) is 0 Å². The van der Waals surface area contributed by atoms with Crippen molar-refractivity contribution >= 4 is 19.3 Å². The first kappa shape index (κ1) is 33.0. The summed E-state index contributed by atoms with van der Waals surface area (Å²) < 4.78 is 38.1. The fraction of sp³-hybridized carbons (Fsp3) is 0.519. The summed E-state index contributed by atoms with van der Waals surface area (Å²) in [7, 11) is -3.68. The smallest absolute Gasteiger partial charge is 0.349 e. The third-order valence-corrected chi connectivity index (χ3v) is 8.03. The van der Waals surface area contributed by atoms with Crippen LogP contribution < -0.4 is 5.32 Å². The maximum Gasteiger partial charge on any atom is 0.349 e. The lowest BCUT2D eigenvalue weighted by Gasteiger charge is -2.34. The molecule has 0 aromatic heterocycles. The molecule has 1 heterocycles. The summed E-state index contributed by atoms with van der Waals surface area (Å²) >= 11 is 0. The molecule has 0 fully saturated rings. The molecular weight excluding hydrogens is 512 g/mol. The van der Waals surface area contributed by atoms with Gasteiger partial charge < -0.3 is 24.4 Å². The Morgan fingerprint density at radius 2 is 1.92 bits per heavy atom. The number of amides is 1. The Bertz CT molecular complexity index is 1080. The second kappa shape index (κ2) is 16.1. The Morgan fingerprint density at radius 3 is 2.37 bits per heavy atom. The van der Waals surface area contributed by atoms with Gasteiger partial charge in [0.1, 0.15) is 24.3 Å². The van der Waals surface area contributed by atoms with Gasteiger partial charge >= 0.3 is 7.60 Å². The number of carbonyl (C=O) groups is 2. The summed E-state index contributed by atoms with van der Waals surface area (Å²) in [6.07, 6.45) is 6.79. The second-order valence-corrected chi connectivity index (χ2v) is 10.7. The number of rotatable bonds is 15. The Labute approximate surface area is 224 Å². The lowest BCUT2D eigenvalue weighted by atomic mass is 9.84. The Hall–Kier alpha value is -2.99. The van der Waals surface area contributed by atoms with Crippen molar-refractivity contribution in [3.05, 3.63) is 59.3 Å². The normalized spacial score (nSPS) is 18.2. The molecule has 0 saturated carbocycles. The number of hydrogen-bond acceptors (Lipinski definition) is 8. The van der Waals surface area contributed by atoms with Crippen LogP contribution in [0.2, 0.25) is 0 Å². The fourth-order valence-corrected chi connectivity index (χ4v) is 5.55. The van der Waals surface area contributed by atoms with E-state index < -0.39 is 37.3 Å². The molecule has 9 nitrogen and oxygen atoms in total. The van der Waals surface area contributed by atoms with Gasteiger partial charge in [-0.2, -0.15) is 5.26 Å². The molecular formula is C27H39FN3O6P. The first-order chi connectivity index (χ1) is 18.0. The van der Waals surface area contributed by atoms with E-state index in [2.05, 4.69) is 5.32 Å². The molecule has 2 N–H and O–H groups in total. The third kappa shape index (κ3) is 9.09. The van der Waals surface area contributed by atoms with Gasteiger partial charge in [0, 0.05) is 24.6 Å². The average Bonchev–Trinajstić information content (AvgIpc) is 2.90. The number of ketones is 1. The number of halogens is 1. The molecule has 0 spiro atoms. The second-order valence-electron chi connectivity index (χ2n) is 8.71. The monoisotopic (exact) mass is 551 g/mol. The van der Waals surface area contributed by atoms with E-state index in [9.17, 15) is 23.7 Å². The molecule has 0 radical (unpaired) electrons. The zero-order chi connectivity index (χ0) is 28.9. The van der Waals surface area contributed by atoms with Crippen LogP contribution in [-0.2, 0) is 23.2 Å². The number of hydrogen-bond donors (Lipinski definition) is 2.